The molecule has 124 valence electrons. The number of rotatable bonds is 7. The third-order valence-corrected chi connectivity index (χ3v) is 3.01. The molecule has 2 aromatic rings. The van der Waals surface area contributed by atoms with Crippen LogP contribution in [0.3, 0.4) is 0 Å². The van der Waals surface area contributed by atoms with Gasteiger partial charge in [0.2, 0.25) is 0 Å². The highest BCUT2D eigenvalue weighted by molar-refractivity contribution is 5.88. The van der Waals surface area contributed by atoms with Crippen LogP contribution in [0.1, 0.15) is 11.1 Å². The summed E-state index contributed by atoms with van der Waals surface area (Å²) in [5.41, 5.74) is 1.43. The van der Waals surface area contributed by atoms with Crippen molar-refractivity contribution in [3.8, 4) is 11.5 Å². The largest absolute Gasteiger partial charge is 0.497 e. The maximum Gasteiger partial charge on any atom is 0.336 e. The summed E-state index contributed by atoms with van der Waals surface area (Å²) >= 11 is 0. The lowest BCUT2D eigenvalue weighted by Gasteiger charge is -2.03. The molecule has 0 heterocycles. The van der Waals surface area contributed by atoms with Crippen LogP contribution in [0.25, 0.3) is 6.08 Å². The molecule has 0 saturated heterocycles. The van der Waals surface area contributed by atoms with E-state index in [9.17, 15) is 14.9 Å². The van der Waals surface area contributed by atoms with Crippen LogP contribution in [0.15, 0.2) is 54.6 Å². The van der Waals surface area contributed by atoms with E-state index in [0.717, 1.165) is 11.3 Å². The number of benzene rings is 2. The Kier molecular flexibility index (Phi) is 5.90. The van der Waals surface area contributed by atoms with E-state index in [0.29, 0.717) is 11.3 Å². The zero-order valence-electron chi connectivity index (χ0n) is 12.9. The van der Waals surface area contributed by atoms with Gasteiger partial charge < -0.3 is 14.3 Å². The lowest BCUT2D eigenvalue weighted by Crippen LogP contribution is -2.04. The molecule has 7 heteroatoms. The predicted molar refractivity (Wildman–Crippen MR) is 85.9 cm³/mol. The Morgan fingerprint density at radius 1 is 1.08 bits per heavy atom. The lowest BCUT2D eigenvalue weighted by molar-refractivity contribution is -0.763. The Hall–Kier alpha value is -3.35. The van der Waals surface area contributed by atoms with Crippen LogP contribution >= 0.6 is 0 Å². The monoisotopic (exact) mass is 329 g/mol. The van der Waals surface area contributed by atoms with Crippen LogP contribution in [0, 0.1) is 10.1 Å². The number of methoxy groups -OCH3 is 1. The summed E-state index contributed by atoms with van der Waals surface area (Å²) in [4.78, 5) is 26.1. The van der Waals surface area contributed by atoms with E-state index in [1.165, 1.54) is 18.2 Å². The number of carbonyl (C=O) groups excluding carboxylic acids is 1. The fourth-order valence-electron chi connectivity index (χ4n) is 1.81. The lowest BCUT2D eigenvalue weighted by atomic mass is 10.2. The van der Waals surface area contributed by atoms with Gasteiger partial charge in [0, 0.05) is 6.08 Å². The molecule has 0 radical (unpaired) electrons. The molecule has 0 aliphatic rings. The van der Waals surface area contributed by atoms with E-state index in [-0.39, 0.29) is 6.61 Å². The van der Waals surface area contributed by atoms with Crippen LogP contribution in [0.2, 0.25) is 0 Å². The second kappa shape index (κ2) is 8.33. The molecule has 0 aromatic heterocycles. The van der Waals surface area contributed by atoms with Crippen molar-refractivity contribution < 1.29 is 24.2 Å². The summed E-state index contributed by atoms with van der Waals surface area (Å²) < 4.78 is 10.2. The van der Waals surface area contributed by atoms with Crippen molar-refractivity contribution in [2.75, 3.05) is 7.11 Å². The van der Waals surface area contributed by atoms with Gasteiger partial charge in [-0.15, -0.1) is 10.1 Å². The van der Waals surface area contributed by atoms with Crippen LogP contribution in [-0.4, -0.2) is 18.2 Å². The van der Waals surface area contributed by atoms with Gasteiger partial charge >= 0.3 is 5.97 Å². The smallest absolute Gasteiger partial charge is 0.336 e. The van der Waals surface area contributed by atoms with Crippen molar-refractivity contribution >= 4 is 12.0 Å². The highest BCUT2D eigenvalue weighted by Crippen LogP contribution is 2.15. The normalized spacial score (nSPS) is 10.4. The zero-order valence-corrected chi connectivity index (χ0v) is 12.9. The Labute approximate surface area is 138 Å². The molecule has 2 aromatic carbocycles. The summed E-state index contributed by atoms with van der Waals surface area (Å²) in [7, 11) is 1.58. The topological polar surface area (TPSA) is 87.9 Å². The average molecular weight is 329 g/mol. The van der Waals surface area contributed by atoms with Gasteiger partial charge in [0.15, 0.2) is 0 Å². The first-order valence-electron chi connectivity index (χ1n) is 6.97. The number of esters is 1. The average Bonchev–Trinajstić information content (AvgIpc) is 2.60. The maximum atomic E-state index is 11.8. The zero-order chi connectivity index (χ0) is 17.4. The molecule has 24 heavy (non-hydrogen) atoms. The van der Waals surface area contributed by atoms with Crippen LogP contribution in [-0.2, 0) is 16.2 Å². The molecule has 0 atom stereocenters. The summed E-state index contributed by atoms with van der Waals surface area (Å²) in [6, 6.07) is 13.4. The van der Waals surface area contributed by atoms with Crippen molar-refractivity contribution in [2.45, 2.75) is 6.61 Å². The van der Waals surface area contributed by atoms with E-state index in [2.05, 4.69) is 4.84 Å². The third kappa shape index (κ3) is 5.45. The second-order valence-electron chi connectivity index (χ2n) is 4.67. The molecule has 0 unspecified atom stereocenters. The molecule has 0 bridgehead atoms. The first kappa shape index (κ1) is 17.0. The minimum absolute atomic E-state index is 0.154. The highest BCUT2D eigenvalue weighted by Gasteiger charge is 2.02. The third-order valence-electron chi connectivity index (χ3n) is 3.01. The fraction of sp³-hybridized carbons (Fsp3) is 0.118. The first-order chi connectivity index (χ1) is 11.6. The van der Waals surface area contributed by atoms with E-state index < -0.39 is 11.1 Å². The molecule has 0 N–H and O–H groups in total. The molecule has 2 rings (SSSR count). The summed E-state index contributed by atoms with van der Waals surface area (Å²) in [5, 5.41) is 9.25. The number of hydrogen-bond donors (Lipinski definition) is 0. The number of ether oxygens (including phenoxy) is 2. The van der Waals surface area contributed by atoms with Crippen LogP contribution in [0.4, 0.5) is 0 Å². The van der Waals surface area contributed by atoms with Gasteiger partial charge in [-0.2, -0.15) is 0 Å². The molecule has 0 aliphatic carbocycles. The number of hydrogen-bond acceptors (Lipinski definition) is 6. The van der Waals surface area contributed by atoms with Crippen molar-refractivity contribution in [3.05, 3.63) is 75.8 Å². The molecule has 0 spiro atoms. The second-order valence-corrected chi connectivity index (χ2v) is 4.67. The Morgan fingerprint density at radius 2 is 1.71 bits per heavy atom. The molecule has 0 saturated carbocycles. The molecule has 0 amide bonds. The quantitative estimate of drug-likeness (QED) is 0.255. The highest BCUT2D eigenvalue weighted by atomic mass is 16.9. The first-order valence-corrected chi connectivity index (χ1v) is 6.97. The summed E-state index contributed by atoms with van der Waals surface area (Å²) in [6.45, 7) is -0.154. The van der Waals surface area contributed by atoms with Gasteiger partial charge in [-0.25, -0.2) is 4.79 Å². The van der Waals surface area contributed by atoms with E-state index in [1.54, 1.807) is 37.5 Å². The van der Waals surface area contributed by atoms with Gasteiger partial charge in [-0.3, -0.25) is 0 Å². The molecular weight excluding hydrogens is 314 g/mol. The van der Waals surface area contributed by atoms with E-state index >= 15 is 0 Å². The van der Waals surface area contributed by atoms with Crippen LogP contribution < -0.4 is 9.47 Å². The number of carbonyl (C=O) groups is 1. The Morgan fingerprint density at radius 3 is 2.29 bits per heavy atom. The van der Waals surface area contributed by atoms with Gasteiger partial charge in [-0.1, -0.05) is 24.3 Å². The van der Waals surface area contributed by atoms with Gasteiger partial charge in [-0.05, 0) is 41.5 Å². The predicted octanol–water partition coefficient (Wildman–Crippen LogP) is 3.02. The van der Waals surface area contributed by atoms with Gasteiger partial charge in [0.05, 0.1) is 7.11 Å². The molecule has 7 nitrogen and oxygen atoms in total. The maximum absolute atomic E-state index is 11.8. The van der Waals surface area contributed by atoms with Gasteiger partial charge in [0.25, 0.3) is 5.09 Å². The van der Waals surface area contributed by atoms with Crippen molar-refractivity contribution in [1.29, 1.82) is 0 Å². The number of nitrogens with zero attached hydrogens (tertiary/aromatic N) is 1. The van der Waals surface area contributed by atoms with Crippen molar-refractivity contribution in [1.82, 2.24) is 0 Å². The minimum Gasteiger partial charge on any atom is -0.497 e. The fourth-order valence-corrected chi connectivity index (χ4v) is 1.81. The summed E-state index contributed by atoms with van der Waals surface area (Å²) in [5.74, 6) is 0.542. The Bertz CT molecular complexity index is 722. The van der Waals surface area contributed by atoms with Crippen molar-refractivity contribution in [3.63, 3.8) is 0 Å². The van der Waals surface area contributed by atoms with E-state index in [4.69, 9.17) is 9.47 Å². The molecule has 0 fully saturated rings. The SMILES string of the molecule is COc1ccc(/C=C/C(=O)Oc2ccc(CO[N+](=O)[O-])cc2)cc1. The van der Waals surface area contributed by atoms with E-state index in [1.807, 2.05) is 12.1 Å². The minimum atomic E-state index is -0.863. The molecular formula is C17H15NO6. The standard InChI is InChI=1S/C17H15NO6/c1-22-15-7-2-13(3-8-15)6-11-17(19)24-16-9-4-14(5-10-16)12-23-18(20)21/h2-11H,12H2,1H3/b11-6+. The molecule has 0 aliphatic heterocycles. The van der Waals surface area contributed by atoms with Crippen LogP contribution in [0.5, 0.6) is 11.5 Å². The van der Waals surface area contributed by atoms with Gasteiger partial charge in [0.1, 0.15) is 18.1 Å². The van der Waals surface area contributed by atoms with Crippen molar-refractivity contribution in [2.24, 2.45) is 0 Å². The Balaban J connectivity index is 1.89. The summed E-state index contributed by atoms with van der Waals surface area (Å²) in [6.07, 6.45) is 2.94.